The van der Waals surface area contributed by atoms with Crippen LogP contribution in [0.25, 0.3) is 0 Å². The zero-order chi connectivity index (χ0) is 11.6. The molecular weight excluding hydrogens is 198 g/mol. The lowest BCUT2D eigenvalue weighted by atomic mass is 9.87. The van der Waals surface area contributed by atoms with Crippen molar-refractivity contribution in [3.63, 3.8) is 0 Å². The quantitative estimate of drug-likeness (QED) is 0.781. The predicted octanol–water partition coefficient (Wildman–Crippen LogP) is 2.66. The molecule has 16 heavy (non-hydrogen) atoms. The van der Waals surface area contributed by atoms with Gasteiger partial charge in [-0.2, -0.15) is 0 Å². The van der Waals surface area contributed by atoms with Gasteiger partial charge in [0.15, 0.2) is 0 Å². The normalized spacial score (nSPS) is 36.2. The first-order valence-electron chi connectivity index (χ1n) is 7.00. The lowest BCUT2D eigenvalue weighted by Crippen LogP contribution is -2.37. The summed E-state index contributed by atoms with van der Waals surface area (Å²) in [7, 11) is 0. The van der Waals surface area contributed by atoms with E-state index in [2.05, 4.69) is 18.7 Å². The van der Waals surface area contributed by atoms with Crippen LogP contribution in [0.3, 0.4) is 0 Å². The fourth-order valence-corrected chi connectivity index (χ4v) is 3.34. The maximum Gasteiger partial charge on any atom is 0.0631 e. The molecule has 1 N–H and O–H groups in total. The van der Waals surface area contributed by atoms with Crippen LogP contribution in [0, 0.1) is 11.3 Å². The molecule has 1 heterocycles. The highest BCUT2D eigenvalue weighted by Gasteiger charge is 2.41. The lowest BCUT2D eigenvalue weighted by Gasteiger charge is -2.29. The van der Waals surface area contributed by atoms with E-state index >= 15 is 0 Å². The molecule has 0 aromatic heterocycles. The van der Waals surface area contributed by atoms with E-state index in [1.54, 1.807) is 0 Å². The highest BCUT2D eigenvalue weighted by molar-refractivity contribution is 4.92. The van der Waals surface area contributed by atoms with Crippen molar-refractivity contribution in [2.24, 2.45) is 11.3 Å². The summed E-state index contributed by atoms with van der Waals surface area (Å²) < 4.78 is 0. The van der Waals surface area contributed by atoms with E-state index in [9.17, 15) is 5.11 Å². The Labute approximate surface area is 100 Å². The molecule has 2 atom stereocenters. The topological polar surface area (TPSA) is 23.5 Å². The van der Waals surface area contributed by atoms with Crippen molar-refractivity contribution in [3.05, 3.63) is 0 Å². The van der Waals surface area contributed by atoms with Crippen molar-refractivity contribution in [3.8, 4) is 0 Å². The largest absolute Gasteiger partial charge is 0.392 e. The second kappa shape index (κ2) is 5.05. The van der Waals surface area contributed by atoms with Crippen LogP contribution in [-0.2, 0) is 0 Å². The maximum atomic E-state index is 10.3. The highest BCUT2D eigenvalue weighted by Crippen LogP contribution is 2.41. The third-order valence-corrected chi connectivity index (χ3v) is 4.60. The first-order chi connectivity index (χ1) is 7.59. The smallest absolute Gasteiger partial charge is 0.0631 e. The molecule has 0 radical (unpaired) electrons. The Hall–Kier alpha value is -0.0800. The maximum absolute atomic E-state index is 10.3. The van der Waals surface area contributed by atoms with E-state index < -0.39 is 0 Å². The summed E-state index contributed by atoms with van der Waals surface area (Å²) >= 11 is 0. The van der Waals surface area contributed by atoms with E-state index in [1.807, 2.05) is 0 Å². The Bertz CT molecular complexity index is 219. The Morgan fingerprint density at radius 1 is 1.12 bits per heavy atom. The number of aliphatic hydroxyl groups excluding tert-OH is 1. The summed E-state index contributed by atoms with van der Waals surface area (Å²) in [5.41, 5.74) is 0.149. The third kappa shape index (κ3) is 2.78. The van der Waals surface area contributed by atoms with Gasteiger partial charge in [-0.15, -0.1) is 0 Å². The van der Waals surface area contributed by atoms with E-state index in [0.717, 1.165) is 6.54 Å². The highest BCUT2D eigenvalue weighted by atomic mass is 16.3. The van der Waals surface area contributed by atoms with Gasteiger partial charge in [-0.3, -0.25) is 0 Å². The monoisotopic (exact) mass is 225 g/mol. The van der Waals surface area contributed by atoms with Crippen LogP contribution in [-0.4, -0.2) is 35.7 Å². The van der Waals surface area contributed by atoms with Gasteiger partial charge in [0.1, 0.15) is 0 Å². The Morgan fingerprint density at radius 3 is 2.25 bits per heavy atom. The van der Waals surface area contributed by atoms with Gasteiger partial charge in [0, 0.05) is 6.54 Å². The van der Waals surface area contributed by atoms with Crippen LogP contribution in [0.15, 0.2) is 0 Å². The van der Waals surface area contributed by atoms with Crippen molar-refractivity contribution in [2.45, 2.75) is 58.5 Å². The second-order valence-corrected chi connectivity index (χ2v) is 6.45. The van der Waals surface area contributed by atoms with Crippen molar-refractivity contribution in [1.82, 2.24) is 4.90 Å². The SMILES string of the molecule is CC1(C)CCC(CN2CCCCCC2)C1O. The molecule has 2 rings (SSSR count). The van der Waals surface area contributed by atoms with Crippen molar-refractivity contribution in [1.29, 1.82) is 0 Å². The third-order valence-electron chi connectivity index (χ3n) is 4.60. The summed E-state index contributed by atoms with van der Waals surface area (Å²) in [6.45, 7) is 8.05. The minimum Gasteiger partial charge on any atom is -0.392 e. The Morgan fingerprint density at radius 2 is 1.75 bits per heavy atom. The molecule has 0 amide bonds. The van der Waals surface area contributed by atoms with Gasteiger partial charge < -0.3 is 10.0 Å². The molecule has 0 aromatic carbocycles. The second-order valence-electron chi connectivity index (χ2n) is 6.45. The number of hydrogen-bond donors (Lipinski definition) is 1. The summed E-state index contributed by atoms with van der Waals surface area (Å²) in [5.74, 6) is 0.521. The molecule has 94 valence electrons. The van der Waals surface area contributed by atoms with Gasteiger partial charge in [0.2, 0.25) is 0 Å². The predicted molar refractivity (Wildman–Crippen MR) is 67.4 cm³/mol. The fourth-order valence-electron chi connectivity index (χ4n) is 3.34. The first kappa shape index (κ1) is 12.4. The number of hydrogen-bond acceptors (Lipinski definition) is 2. The molecule has 2 unspecified atom stereocenters. The molecule has 2 heteroatoms. The van der Waals surface area contributed by atoms with Gasteiger partial charge in [-0.05, 0) is 50.1 Å². The molecule has 2 nitrogen and oxygen atoms in total. The van der Waals surface area contributed by atoms with E-state index in [4.69, 9.17) is 0 Å². The molecule has 0 bridgehead atoms. The molecule has 1 aliphatic heterocycles. The molecule has 0 spiro atoms. The van der Waals surface area contributed by atoms with Crippen LogP contribution in [0.2, 0.25) is 0 Å². The van der Waals surface area contributed by atoms with Gasteiger partial charge in [0.05, 0.1) is 6.10 Å². The van der Waals surface area contributed by atoms with Crippen molar-refractivity contribution in [2.75, 3.05) is 19.6 Å². The summed E-state index contributed by atoms with van der Waals surface area (Å²) in [4.78, 5) is 2.59. The molecule has 1 saturated heterocycles. The number of nitrogens with zero attached hydrogens (tertiary/aromatic N) is 1. The minimum atomic E-state index is -0.0873. The van der Waals surface area contributed by atoms with E-state index in [-0.39, 0.29) is 11.5 Å². The standard InChI is InChI=1S/C14H27NO/c1-14(2)8-7-12(13(14)16)11-15-9-5-3-4-6-10-15/h12-13,16H,3-11H2,1-2H3. The van der Waals surface area contributed by atoms with Crippen LogP contribution >= 0.6 is 0 Å². The molecule has 0 aromatic rings. The fraction of sp³-hybridized carbons (Fsp3) is 1.00. The first-order valence-corrected chi connectivity index (χ1v) is 7.00. The van der Waals surface area contributed by atoms with Gasteiger partial charge in [-0.1, -0.05) is 26.7 Å². The average Bonchev–Trinajstić information content (AvgIpc) is 2.50. The minimum absolute atomic E-state index is 0.0873. The summed E-state index contributed by atoms with van der Waals surface area (Å²) in [6.07, 6.45) is 7.82. The van der Waals surface area contributed by atoms with Crippen molar-refractivity contribution >= 4 is 0 Å². The number of likely N-dealkylation sites (tertiary alicyclic amines) is 1. The van der Waals surface area contributed by atoms with Crippen LogP contribution in [0.4, 0.5) is 0 Å². The Kier molecular flexibility index (Phi) is 3.91. The zero-order valence-electron chi connectivity index (χ0n) is 10.9. The van der Waals surface area contributed by atoms with Crippen LogP contribution < -0.4 is 0 Å². The number of rotatable bonds is 2. The molecule has 2 fully saturated rings. The lowest BCUT2D eigenvalue weighted by molar-refractivity contribution is 0.0330. The zero-order valence-corrected chi connectivity index (χ0v) is 10.9. The van der Waals surface area contributed by atoms with Gasteiger partial charge >= 0.3 is 0 Å². The molecule has 1 saturated carbocycles. The molecule has 2 aliphatic rings. The Balaban J connectivity index is 1.85. The van der Waals surface area contributed by atoms with Gasteiger partial charge in [0.25, 0.3) is 0 Å². The molecule has 1 aliphatic carbocycles. The molecular formula is C14H27NO. The van der Waals surface area contributed by atoms with E-state index in [0.29, 0.717) is 5.92 Å². The van der Waals surface area contributed by atoms with E-state index in [1.165, 1.54) is 51.6 Å². The average molecular weight is 225 g/mol. The van der Waals surface area contributed by atoms with Gasteiger partial charge in [-0.25, -0.2) is 0 Å². The number of aliphatic hydroxyl groups is 1. The van der Waals surface area contributed by atoms with Crippen molar-refractivity contribution < 1.29 is 5.11 Å². The summed E-state index contributed by atoms with van der Waals surface area (Å²) in [5, 5.41) is 10.3. The van der Waals surface area contributed by atoms with Crippen LogP contribution in [0.5, 0.6) is 0 Å². The van der Waals surface area contributed by atoms with Crippen LogP contribution in [0.1, 0.15) is 52.4 Å². The summed E-state index contributed by atoms with van der Waals surface area (Å²) in [6, 6.07) is 0.